The van der Waals surface area contributed by atoms with Crippen LogP contribution >= 0.6 is 0 Å². The lowest BCUT2D eigenvalue weighted by Gasteiger charge is -2.27. The largest absolute Gasteiger partial charge is 0.305 e. The van der Waals surface area contributed by atoms with E-state index in [0.29, 0.717) is 0 Å². The number of hydrogen-bond acceptors (Lipinski definition) is 0. The van der Waals surface area contributed by atoms with Gasteiger partial charge in [-0.15, -0.1) is 0 Å². The van der Waals surface area contributed by atoms with Gasteiger partial charge in [-0.25, -0.2) is 0 Å². The SMILES string of the molecule is c1ccc(-c2cc3c4cccc5ccc6c(c54)n4c3c(c2)c2cccc3cc5c7cccc8cccc(c87)n6c5c4c32)cc1. The summed E-state index contributed by atoms with van der Waals surface area (Å²) in [5, 5.41) is 15.7. The molecule has 4 heterocycles. The highest BCUT2D eigenvalue weighted by atomic mass is 15.0. The minimum Gasteiger partial charge on any atom is -0.305 e. The average Bonchev–Trinajstić information content (AvgIpc) is 3.09. The van der Waals surface area contributed by atoms with Crippen molar-refractivity contribution < 1.29 is 0 Å². The highest BCUT2D eigenvalue weighted by Gasteiger charge is 2.26. The van der Waals surface area contributed by atoms with Crippen LogP contribution in [0.25, 0.3) is 109 Å². The van der Waals surface area contributed by atoms with E-state index in [1.807, 2.05) is 0 Å². The maximum Gasteiger partial charge on any atom is 0.0795 e. The first-order valence-electron chi connectivity index (χ1n) is 15.4. The lowest BCUT2D eigenvalue weighted by Crippen LogP contribution is -2.08. The number of fused-ring (bicyclic) bond motifs is 5. The molecule has 0 amide bonds. The first kappa shape index (κ1) is 21.8. The van der Waals surface area contributed by atoms with E-state index in [1.54, 1.807) is 0 Å². The van der Waals surface area contributed by atoms with Gasteiger partial charge in [-0.3, -0.25) is 0 Å². The highest BCUT2D eigenvalue weighted by molar-refractivity contribution is 6.37. The second kappa shape index (κ2) is 7.19. The zero-order chi connectivity index (χ0) is 28.3. The fraction of sp³-hybridized carbons (Fsp3) is 0. The molecule has 44 heavy (non-hydrogen) atoms. The first-order chi connectivity index (χ1) is 21.8. The number of pyridine rings is 3. The molecule has 0 unspecified atom stereocenters. The van der Waals surface area contributed by atoms with E-state index in [-0.39, 0.29) is 0 Å². The van der Waals surface area contributed by atoms with Crippen molar-refractivity contribution >= 4 is 97.7 Å². The molecule has 0 N–H and O–H groups in total. The second-order valence-electron chi connectivity index (χ2n) is 12.5. The summed E-state index contributed by atoms with van der Waals surface area (Å²) in [5.41, 5.74) is 10.2. The van der Waals surface area contributed by atoms with Crippen molar-refractivity contribution in [2.75, 3.05) is 0 Å². The van der Waals surface area contributed by atoms with Gasteiger partial charge in [0.05, 0.1) is 33.1 Å². The van der Waals surface area contributed by atoms with Crippen LogP contribution in [0.3, 0.4) is 0 Å². The van der Waals surface area contributed by atoms with Gasteiger partial charge in [-0.1, -0.05) is 103 Å². The van der Waals surface area contributed by atoms with Gasteiger partial charge in [0.2, 0.25) is 0 Å². The Labute approximate surface area is 250 Å². The first-order valence-corrected chi connectivity index (χ1v) is 15.4. The summed E-state index contributed by atoms with van der Waals surface area (Å²) in [5.74, 6) is 0. The van der Waals surface area contributed by atoms with Crippen molar-refractivity contribution in [2.24, 2.45) is 0 Å². The van der Waals surface area contributed by atoms with E-state index in [9.17, 15) is 0 Å². The molecule has 0 aliphatic rings. The molecule has 200 valence electrons. The molecule has 0 spiro atoms. The molecule has 0 saturated carbocycles. The Bertz CT molecular complexity index is 3110. The Morgan fingerprint density at radius 2 is 0.909 bits per heavy atom. The van der Waals surface area contributed by atoms with Crippen LogP contribution in [0.2, 0.25) is 0 Å². The minimum atomic E-state index is 1.25. The Morgan fingerprint density at radius 1 is 0.295 bits per heavy atom. The van der Waals surface area contributed by atoms with Gasteiger partial charge in [0, 0.05) is 32.3 Å². The van der Waals surface area contributed by atoms with Crippen molar-refractivity contribution in [3.05, 3.63) is 133 Å². The number of rotatable bonds is 1. The smallest absolute Gasteiger partial charge is 0.0795 e. The molecule has 2 heteroatoms. The van der Waals surface area contributed by atoms with Gasteiger partial charge in [0.25, 0.3) is 0 Å². The molecular weight excluding hydrogens is 532 g/mol. The molecule has 0 aliphatic carbocycles. The molecular formula is C42H22N2. The van der Waals surface area contributed by atoms with Crippen LogP contribution in [0.15, 0.2) is 133 Å². The summed E-state index contributed by atoms with van der Waals surface area (Å²) in [6.07, 6.45) is 0. The van der Waals surface area contributed by atoms with E-state index >= 15 is 0 Å². The Kier molecular flexibility index (Phi) is 3.56. The van der Waals surface area contributed by atoms with E-state index in [2.05, 4.69) is 142 Å². The summed E-state index contributed by atoms with van der Waals surface area (Å²) >= 11 is 0. The van der Waals surface area contributed by atoms with E-state index in [4.69, 9.17) is 0 Å². The van der Waals surface area contributed by atoms with Crippen LogP contribution < -0.4 is 0 Å². The van der Waals surface area contributed by atoms with Crippen molar-refractivity contribution in [1.82, 2.24) is 8.80 Å². The maximum absolute atomic E-state index is 2.64. The summed E-state index contributed by atoms with van der Waals surface area (Å²) in [6, 6.07) is 50.1. The van der Waals surface area contributed by atoms with Gasteiger partial charge in [0.15, 0.2) is 0 Å². The topological polar surface area (TPSA) is 8.82 Å². The molecule has 0 saturated heterocycles. The molecule has 0 radical (unpaired) electrons. The average molecular weight is 555 g/mol. The molecule has 2 nitrogen and oxygen atoms in total. The molecule has 12 rings (SSSR count). The van der Waals surface area contributed by atoms with Gasteiger partial charge < -0.3 is 8.80 Å². The van der Waals surface area contributed by atoms with Crippen molar-refractivity contribution in [3.63, 3.8) is 0 Å². The number of nitrogens with zero attached hydrogens (tertiary/aromatic N) is 2. The second-order valence-corrected chi connectivity index (χ2v) is 12.5. The van der Waals surface area contributed by atoms with Crippen molar-refractivity contribution in [2.45, 2.75) is 0 Å². The minimum absolute atomic E-state index is 1.25. The zero-order valence-electron chi connectivity index (χ0n) is 23.6. The van der Waals surface area contributed by atoms with Gasteiger partial charge in [0.1, 0.15) is 0 Å². The van der Waals surface area contributed by atoms with E-state index in [0.717, 1.165) is 0 Å². The molecule has 4 aromatic heterocycles. The lowest BCUT2D eigenvalue weighted by molar-refractivity contribution is 1.25. The van der Waals surface area contributed by atoms with Gasteiger partial charge >= 0.3 is 0 Å². The normalized spacial score (nSPS) is 13.0. The van der Waals surface area contributed by atoms with Crippen molar-refractivity contribution in [1.29, 1.82) is 0 Å². The quantitative estimate of drug-likeness (QED) is 0.141. The molecule has 0 atom stereocenters. The van der Waals surface area contributed by atoms with Crippen LogP contribution in [0, 0.1) is 0 Å². The third-order valence-electron chi connectivity index (χ3n) is 10.5. The standard InChI is InChI=1S/C42H22N2/c1-2-8-23(9-3-1)27-21-31-29-15-5-11-25-18-19-35-41(37(25)29)44-39(31)32(22-27)30-16-6-13-26-20-33-28-14-4-10-24-12-7-17-34(36(24)28)43(35)40(33)42(44)38(26)30/h1-22H. The highest BCUT2D eigenvalue weighted by Crippen LogP contribution is 2.49. The van der Waals surface area contributed by atoms with E-state index < -0.39 is 0 Å². The lowest BCUT2D eigenvalue weighted by atomic mass is 9.89. The number of benzene rings is 8. The molecule has 12 aromatic rings. The molecule has 8 aromatic carbocycles. The Morgan fingerprint density at radius 3 is 1.66 bits per heavy atom. The summed E-state index contributed by atoms with van der Waals surface area (Å²) in [4.78, 5) is 0. The monoisotopic (exact) mass is 554 g/mol. The summed E-state index contributed by atoms with van der Waals surface area (Å²) in [6.45, 7) is 0. The van der Waals surface area contributed by atoms with Crippen LogP contribution in [0.4, 0.5) is 0 Å². The van der Waals surface area contributed by atoms with Crippen LogP contribution in [-0.2, 0) is 0 Å². The zero-order valence-corrected chi connectivity index (χ0v) is 23.6. The fourth-order valence-corrected chi connectivity index (χ4v) is 8.80. The predicted octanol–water partition coefficient (Wildman–Crippen LogP) is 11.4. The van der Waals surface area contributed by atoms with Gasteiger partial charge in [-0.05, 0) is 73.8 Å². The van der Waals surface area contributed by atoms with Crippen LogP contribution in [0.1, 0.15) is 0 Å². The number of aromatic nitrogens is 2. The Balaban J connectivity index is 1.52. The summed E-state index contributed by atoms with van der Waals surface area (Å²) < 4.78 is 5.22. The molecule has 0 aliphatic heterocycles. The molecule has 0 bridgehead atoms. The maximum atomic E-state index is 2.64. The fourth-order valence-electron chi connectivity index (χ4n) is 8.80. The predicted molar refractivity (Wildman–Crippen MR) is 187 cm³/mol. The third-order valence-corrected chi connectivity index (χ3v) is 10.5. The van der Waals surface area contributed by atoms with Crippen LogP contribution in [-0.4, -0.2) is 8.80 Å². The molecule has 0 fully saturated rings. The van der Waals surface area contributed by atoms with Crippen LogP contribution in [0.5, 0.6) is 0 Å². The van der Waals surface area contributed by atoms with Gasteiger partial charge in [-0.2, -0.15) is 0 Å². The summed E-state index contributed by atoms with van der Waals surface area (Å²) in [7, 11) is 0. The van der Waals surface area contributed by atoms with Crippen molar-refractivity contribution in [3.8, 4) is 11.1 Å². The third kappa shape index (κ3) is 2.31. The number of hydrogen-bond donors (Lipinski definition) is 0. The Hall–Kier alpha value is -5.86. The van der Waals surface area contributed by atoms with E-state index in [1.165, 1.54) is 109 Å².